The molecule has 23 heavy (non-hydrogen) atoms. The van der Waals surface area contributed by atoms with E-state index >= 15 is 0 Å². The van der Waals surface area contributed by atoms with Crippen molar-refractivity contribution in [1.29, 1.82) is 0 Å². The molecule has 0 radical (unpaired) electrons. The molecule has 1 atom stereocenters. The lowest BCUT2D eigenvalue weighted by Gasteiger charge is -2.17. The number of nitrogens with zero attached hydrogens (tertiary/aromatic N) is 3. The smallest absolute Gasteiger partial charge is 0.449 e. The Bertz CT molecular complexity index is 879. The monoisotopic (exact) mass is 314 g/mol. The van der Waals surface area contributed by atoms with Crippen molar-refractivity contribution >= 4 is 23.1 Å². The maximum atomic E-state index is 10.8. The summed E-state index contributed by atoms with van der Waals surface area (Å²) in [5, 5.41) is 21.1. The fourth-order valence-electron chi connectivity index (χ4n) is 2.51. The molecule has 0 bridgehead atoms. The van der Waals surface area contributed by atoms with Crippen LogP contribution in [-0.4, -0.2) is 37.6 Å². The molecular weight excluding hydrogens is 300 g/mol. The predicted octanol–water partition coefficient (Wildman–Crippen LogP) is 1.89. The van der Waals surface area contributed by atoms with Crippen LogP contribution >= 0.6 is 0 Å². The molecule has 0 fully saturated rings. The molecule has 0 saturated carbocycles. The van der Waals surface area contributed by atoms with Gasteiger partial charge in [-0.3, -0.25) is 0 Å². The molecule has 0 spiro atoms. The summed E-state index contributed by atoms with van der Waals surface area (Å²) in [6.07, 6.45) is 5.57. The molecule has 0 saturated heterocycles. The van der Waals surface area contributed by atoms with Crippen LogP contribution in [0.15, 0.2) is 47.4 Å². The third kappa shape index (κ3) is 2.55. The second kappa shape index (κ2) is 5.58. The van der Waals surface area contributed by atoms with Crippen molar-refractivity contribution in [2.75, 3.05) is 0 Å². The summed E-state index contributed by atoms with van der Waals surface area (Å²) < 4.78 is 6.39. The number of pyridine rings is 1. The lowest BCUT2D eigenvalue weighted by Crippen LogP contribution is -2.31. The Morgan fingerprint density at radius 2 is 2.30 bits per heavy atom. The summed E-state index contributed by atoms with van der Waals surface area (Å²) in [7, 11) is 0. The van der Waals surface area contributed by atoms with Crippen molar-refractivity contribution in [2.24, 2.45) is 10.9 Å². The zero-order valence-electron chi connectivity index (χ0n) is 12.2. The summed E-state index contributed by atoms with van der Waals surface area (Å²) in [6, 6.07) is 2.70. The second-order valence-corrected chi connectivity index (χ2v) is 5.01. The molecule has 8 heteroatoms. The average molecular weight is 314 g/mol. The number of carbonyl (C=O) groups is 1. The van der Waals surface area contributed by atoms with Crippen LogP contribution in [0.3, 0.4) is 0 Å². The highest BCUT2D eigenvalue weighted by Crippen LogP contribution is 2.27. The SMILES string of the molecule is CC1=C(c2cn3cccc(OC(=O)O)c3n2)C=CC(N)C1=NO. The summed E-state index contributed by atoms with van der Waals surface area (Å²) in [5.41, 5.74) is 8.62. The van der Waals surface area contributed by atoms with E-state index < -0.39 is 12.2 Å². The summed E-state index contributed by atoms with van der Waals surface area (Å²) in [6.45, 7) is 1.78. The van der Waals surface area contributed by atoms with Gasteiger partial charge < -0.3 is 25.2 Å². The van der Waals surface area contributed by atoms with Gasteiger partial charge in [0.1, 0.15) is 5.71 Å². The molecule has 1 aliphatic carbocycles. The van der Waals surface area contributed by atoms with E-state index in [-0.39, 0.29) is 5.75 Å². The van der Waals surface area contributed by atoms with Crippen LogP contribution in [0.25, 0.3) is 11.2 Å². The minimum atomic E-state index is -1.41. The number of ether oxygens (including phenoxy) is 1. The van der Waals surface area contributed by atoms with Crippen molar-refractivity contribution in [3.63, 3.8) is 0 Å². The van der Waals surface area contributed by atoms with Crippen LogP contribution in [0.4, 0.5) is 4.79 Å². The minimum Gasteiger partial charge on any atom is -0.449 e. The number of carboxylic acid groups (broad SMARTS) is 1. The zero-order valence-corrected chi connectivity index (χ0v) is 12.2. The number of allylic oxidation sites excluding steroid dienone is 2. The van der Waals surface area contributed by atoms with Crippen molar-refractivity contribution in [3.05, 3.63) is 47.9 Å². The van der Waals surface area contributed by atoms with Gasteiger partial charge in [-0.25, -0.2) is 9.78 Å². The molecule has 1 aliphatic rings. The predicted molar refractivity (Wildman–Crippen MR) is 82.8 cm³/mol. The number of hydrogen-bond donors (Lipinski definition) is 3. The number of imidazole rings is 1. The normalized spacial score (nSPS) is 19.6. The van der Waals surface area contributed by atoms with Gasteiger partial charge in [0.15, 0.2) is 11.4 Å². The first-order chi connectivity index (χ1) is 11.0. The standard InChI is InChI=1S/C15H14N4O4/c1-8-9(4-5-10(16)13(8)18-22)11-7-19-6-2-3-12(14(19)17-11)23-15(20)21/h2-7,10,22H,16H2,1H3,(H,20,21). The molecule has 2 aromatic heterocycles. The quantitative estimate of drug-likeness (QED) is 0.442. The summed E-state index contributed by atoms with van der Waals surface area (Å²) >= 11 is 0. The third-order valence-electron chi connectivity index (χ3n) is 3.60. The largest absolute Gasteiger partial charge is 0.511 e. The molecule has 0 aliphatic heterocycles. The summed E-state index contributed by atoms with van der Waals surface area (Å²) in [5.74, 6) is 0.136. The number of rotatable bonds is 2. The van der Waals surface area contributed by atoms with E-state index in [4.69, 9.17) is 20.8 Å². The van der Waals surface area contributed by atoms with Gasteiger partial charge >= 0.3 is 6.16 Å². The van der Waals surface area contributed by atoms with Gasteiger partial charge in [0.25, 0.3) is 0 Å². The highest BCUT2D eigenvalue weighted by atomic mass is 16.7. The molecule has 2 heterocycles. The molecular formula is C15H14N4O4. The lowest BCUT2D eigenvalue weighted by atomic mass is 9.92. The Morgan fingerprint density at radius 1 is 1.52 bits per heavy atom. The maximum Gasteiger partial charge on any atom is 0.511 e. The van der Waals surface area contributed by atoms with E-state index in [1.165, 1.54) is 6.07 Å². The number of oxime groups is 1. The zero-order chi connectivity index (χ0) is 16.6. The number of hydrogen-bond acceptors (Lipinski definition) is 6. The van der Waals surface area contributed by atoms with E-state index in [0.29, 0.717) is 22.6 Å². The minimum absolute atomic E-state index is 0.136. The van der Waals surface area contributed by atoms with E-state index in [1.54, 1.807) is 41.9 Å². The highest BCUT2D eigenvalue weighted by molar-refractivity contribution is 6.12. The van der Waals surface area contributed by atoms with Gasteiger partial charge in [0, 0.05) is 18.0 Å². The molecule has 3 rings (SSSR count). The fraction of sp³-hybridized carbons (Fsp3) is 0.133. The molecule has 0 aromatic carbocycles. The first-order valence-corrected chi connectivity index (χ1v) is 6.77. The van der Waals surface area contributed by atoms with E-state index in [1.807, 2.05) is 0 Å². The first-order valence-electron chi connectivity index (χ1n) is 6.77. The van der Waals surface area contributed by atoms with Crippen LogP contribution in [0.1, 0.15) is 12.6 Å². The Kier molecular flexibility index (Phi) is 3.59. The van der Waals surface area contributed by atoms with Crippen LogP contribution in [0, 0.1) is 0 Å². The Morgan fingerprint density at radius 3 is 3.00 bits per heavy atom. The van der Waals surface area contributed by atoms with Crippen LogP contribution in [0.5, 0.6) is 5.75 Å². The molecule has 118 valence electrons. The Hall–Kier alpha value is -3.13. The van der Waals surface area contributed by atoms with Crippen LogP contribution < -0.4 is 10.5 Å². The van der Waals surface area contributed by atoms with Gasteiger partial charge in [-0.15, -0.1) is 0 Å². The lowest BCUT2D eigenvalue weighted by molar-refractivity contribution is 0.145. The topological polar surface area (TPSA) is 122 Å². The first kappa shape index (κ1) is 14.8. The third-order valence-corrected chi connectivity index (χ3v) is 3.60. The van der Waals surface area contributed by atoms with Crippen molar-refractivity contribution in [3.8, 4) is 5.75 Å². The molecule has 1 unspecified atom stereocenters. The van der Waals surface area contributed by atoms with Crippen LogP contribution in [0.2, 0.25) is 0 Å². The number of fused-ring (bicyclic) bond motifs is 1. The van der Waals surface area contributed by atoms with Gasteiger partial charge in [0.05, 0.1) is 11.7 Å². The average Bonchev–Trinajstić information content (AvgIpc) is 2.92. The van der Waals surface area contributed by atoms with Gasteiger partial charge in [-0.05, 0) is 24.6 Å². The van der Waals surface area contributed by atoms with E-state index in [0.717, 1.165) is 5.57 Å². The number of nitrogens with two attached hydrogens (primary N) is 1. The highest BCUT2D eigenvalue weighted by Gasteiger charge is 2.21. The number of aromatic nitrogens is 2. The molecule has 0 amide bonds. The maximum absolute atomic E-state index is 10.8. The molecule has 2 aromatic rings. The van der Waals surface area contributed by atoms with E-state index in [9.17, 15) is 4.79 Å². The Balaban J connectivity index is 2.13. The van der Waals surface area contributed by atoms with Gasteiger partial charge in [0.2, 0.25) is 0 Å². The molecule has 4 N–H and O–H groups in total. The van der Waals surface area contributed by atoms with E-state index in [2.05, 4.69) is 10.1 Å². The van der Waals surface area contributed by atoms with Gasteiger partial charge in [-0.2, -0.15) is 0 Å². The fourth-order valence-corrected chi connectivity index (χ4v) is 2.51. The van der Waals surface area contributed by atoms with Crippen molar-refractivity contribution < 1.29 is 19.8 Å². The van der Waals surface area contributed by atoms with Crippen molar-refractivity contribution in [1.82, 2.24) is 9.38 Å². The second-order valence-electron chi connectivity index (χ2n) is 5.01. The molecule has 8 nitrogen and oxygen atoms in total. The Labute approximate surface area is 130 Å². The van der Waals surface area contributed by atoms with Crippen LogP contribution in [-0.2, 0) is 0 Å². The summed E-state index contributed by atoms with van der Waals surface area (Å²) in [4.78, 5) is 15.2. The van der Waals surface area contributed by atoms with Gasteiger partial charge in [-0.1, -0.05) is 17.3 Å². The van der Waals surface area contributed by atoms with Crippen molar-refractivity contribution in [2.45, 2.75) is 13.0 Å².